The van der Waals surface area contributed by atoms with Gasteiger partial charge in [0.25, 0.3) is 0 Å². The largest absolute Gasteiger partial charge is 0.411 e. The summed E-state index contributed by atoms with van der Waals surface area (Å²) in [5, 5.41) is 0. The Labute approximate surface area is 63.3 Å². The van der Waals surface area contributed by atoms with E-state index in [1.54, 1.807) is 0 Å². The molecule has 0 aromatic rings. The number of methoxy groups -OCH3 is 1. The molecule has 0 rings (SSSR count). The van der Waals surface area contributed by atoms with Crippen LogP contribution >= 0.6 is 0 Å². The molecule has 2 nitrogen and oxygen atoms in total. The van der Waals surface area contributed by atoms with Gasteiger partial charge in [-0.3, -0.25) is 0 Å². The van der Waals surface area contributed by atoms with Gasteiger partial charge in [-0.2, -0.15) is 13.2 Å². The lowest BCUT2D eigenvalue weighted by molar-refractivity contribution is -0.174. The van der Waals surface area contributed by atoms with Crippen LogP contribution < -0.4 is 0 Å². The Morgan fingerprint density at radius 1 is 1.18 bits per heavy atom. The van der Waals surface area contributed by atoms with Crippen LogP contribution in [0.2, 0.25) is 0 Å². The monoisotopic (exact) mass is 172 g/mol. The van der Waals surface area contributed by atoms with Gasteiger partial charge in [-0.25, -0.2) is 0 Å². The van der Waals surface area contributed by atoms with E-state index in [9.17, 15) is 13.2 Å². The van der Waals surface area contributed by atoms with E-state index in [4.69, 9.17) is 0 Å². The zero-order valence-corrected chi connectivity index (χ0v) is 6.28. The van der Waals surface area contributed by atoms with E-state index in [-0.39, 0.29) is 6.61 Å². The van der Waals surface area contributed by atoms with Crippen molar-refractivity contribution in [1.29, 1.82) is 0 Å². The Balaban J connectivity index is 3.02. The topological polar surface area (TPSA) is 18.5 Å². The predicted molar refractivity (Wildman–Crippen MR) is 33.4 cm³/mol. The highest BCUT2D eigenvalue weighted by atomic mass is 19.4. The number of hydrogen-bond acceptors (Lipinski definition) is 2. The number of ether oxygens (including phenoxy) is 2. The number of alkyl halides is 3. The molecule has 0 aliphatic heterocycles. The molecule has 0 spiro atoms. The molecule has 0 fully saturated rings. The molecule has 0 aromatic carbocycles. The second-order valence-corrected chi connectivity index (χ2v) is 2.01. The fourth-order valence-corrected chi connectivity index (χ4v) is 0.493. The minimum Gasteiger partial charge on any atom is -0.385 e. The molecule has 0 N–H and O–H groups in total. The first kappa shape index (κ1) is 10.7. The SMILES string of the molecule is COCCCOCC(F)(F)F. The van der Waals surface area contributed by atoms with Crippen molar-refractivity contribution in [3.8, 4) is 0 Å². The van der Waals surface area contributed by atoms with E-state index in [1.807, 2.05) is 0 Å². The summed E-state index contributed by atoms with van der Waals surface area (Å²) in [5.74, 6) is 0. The minimum atomic E-state index is -4.22. The van der Waals surface area contributed by atoms with Gasteiger partial charge in [0.15, 0.2) is 0 Å². The second-order valence-electron chi connectivity index (χ2n) is 2.01. The van der Waals surface area contributed by atoms with Crippen molar-refractivity contribution >= 4 is 0 Å². The molecule has 0 bridgehead atoms. The van der Waals surface area contributed by atoms with Crippen molar-refractivity contribution in [3.05, 3.63) is 0 Å². The molecular weight excluding hydrogens is 161 g/mol. The zero-order valence-electron chi connectivity index (χ0n) is 6.28. The molecule has 11 heavy (non-hydrogen) atoms. The van der Waals surface area contributed by atoms with Crippen LogP contribution in [-0.2, 0) is 9.47 Å². The summed E-state index contributed by atoms with van der Waals surface area (Å²) in [6.07, 6.45) is -3.72. The fraction of sp³-hybridized carbons (Fsp3) is 1.00. The Kier molecular flexibility index (Phi) is 5.23. The minimum absolute atomic E-state index is 0.0906. The molecule has 0 aliphatic rings. The summed E-state index contributed by atoms with van der Waals surface area (Å²) in [5.41, 5.74) is 0. The van der Waals surface area contributed by atoms with Crippen molar-refractivity contribution in [2.45, 2.75) is 12.6 Å². The van der Waals surface area contributed by atoms with Crippen molar-refractivity contribution in [2.24, 2.45) is 0 Å². The van der Waals surface area contributed by atoms with Gasteiger partial charge in [0.05, 0.1) is 0 Å². The second kappa shape index (κ2) is 5.37. The first-order valence-corrected chi connectivity index (χ1v) is 3.19. The van der Waals surface area contributed by atoms with Crippen LogP contribution in [0.25, 0.3) is 0 Å². The molecule has 0 saturated heterocycles. The number of rotatable bonds is 5. The molecule has 0 heterocycles. The summed E-state index contributed by atoms with van der Waals surface area (Å²) in [6, 6.07) is 0. The number of hydrogen-bond donors (Lipinski definition) is 0. The maximum absolute atomic E-state index is 11.4. The van der Waals surface area contributed by atoms with Crippen LogP contribution in [-0.4, -0.2) is 33.1 Å². The lowest BCUT2D eigenvalue weighted by Gasteiger charge is -2.06. The highest BCUT2D eigenvalue weighted by Gasteiger charge is 2.26. The summed E-state index contributed by atoms with van der Waals surface area (Å²) in [4.78, 5) is 0. The van der Waals surface area contributed by atoms with E-state index < -0.39 is 12.8 Å². The fourth-order valence-electron chi connectivity index (χ4n) is 0.493. The molecule has 0 aliphatic carbocycles. The summed E-state index contributed by atoms with van der Waals surface area (Å²) >= 11 is 0. The molecule has 0 unspecified atom stereocenters. The third-order valence-corrected chi connectivity index (χ3v) is 0.903. The van der Waals surface area contributed by atoms with E-state index in [0.717, 1.165) is 0 Å². The quantitative estimate of drug-likeness (QED) is 0.586. The van der Waals surface area contributed by atoms with Crippen molar-refractivity contribution in [1.82, 2.24) is 0 Å². The molecule has 68 valence electrons. The Morgan fingerprint density at radius 2 is 1.82 bits per heavy atom. The molecular formula is C6H11F3O2. The van der Waals surface area contributed by atoms with Crippen molar-refractivity contribution < 1.29 is 22.6 Å². The zero-order chi connectivity index (χ0) is 8.74. The first-order valence-electron chi connectivity index (χ1n) is 3.19. The van der Waals surface area contributed by atoms with Gasteiger partial charge in [-0.15, -0.1) is 0 Å². The summed E-state index contributed by atoms with van der Waals surface area (Å²) in [6.45, 7) is -0.651. The van der Waals surface area contributed by atoms with Gasteiger partial charge in [-0.1, -0.05) is 0 Å². The van der Waals surface area contributed by atoms with Crippen molar-refractivity contribution in [2.75, 3.05) is 26.9 Å². The molecule has 0 amide bonds. The standard InChI is InChI=1S/C6H11F3O2/c1-10-3-2-4-11-5-6(7,8)9/h2-5H2,1H3. The maximum Gasteiger partial charge on any atom is 0.411 e. The van der Waals surface area contributed by atoms with Crippen LogP contribution in [0.3, 0.4) is 0 Å². The predicted octanol–water partition coefficient (Wildman–Crippen LogP) is 1.60. The average molecular weight is 172 g/mol. The Bertz CT molecular complexity index is 92.3. The molecule has 0 radical (unpaired) electrons. The summed E-state index contributed by atoms with van der Waals surface area (Å²) in [7, 11) is 1.49. The van der Waals surface area contributed by atoms with Crippen LogP contribution in [0.5, 0.6) is 0 Å². The van der Waals surface area contributed by atoms with Crippen LogP contribution in [0, 0.1) is 0 Å². The molecule has 0 atom stereocenters. The van der Waals surface area contributed by atoms with E-state index in [1.165, 1.54) is 7.11 Å². The van der Waals surface area contributed by atoms with Gasteiger partial charge < -0.3 is 9.47 Å². The molecule has 0 aromatic heterocycles. The highest BCUT2D eigenvalue weighted by molar-refractivity contribution is 4.45. The average Bonchev–Trinajstić information content (AvgIpc) is 1.85. The van der Waals surface area contributed by atoms with Gasteiger partial charge in [-0.05, 0) is 6.42 Å². The third-order valence-electron chi connectivity index (χ3n) is 0.903. The van der Waals surface area contributed by atoms with E-state index in [0.29, 0.717) is 13.0 Å². The Hall–Kier alpha value is -0.290. The molecule has 5 heteroatoms. The first-order chi connectivity index (χ1) is 5.06. The maximum atomic E-state index is 11.4. The van der Waals surface area contributed by atoms with Gasteiger partial charge in [0.1, 0.15) is 6.61 Å². The Morgan fingerprint density at radius 3 is 2.27 bits per heavy atom. The molecule has 0 saturated carbocycles. The highest BCUT2D eigenvalue weighted by Crippen LogP contribution is 2.14. The van der Waals surface area contributed by atoms with E-state index >= 15 is 0 Å². The number of halogens is 3. The van der Waals surface area contributed by atoms with Gasteiger partial charge in [0, 0.05) is 20.3 Å². The van der Waals surface area contributed by atoms with Crippen LogP contribution in [0.1, 0.15) is 6.42 Å². The lowest BCUT2D eigenvalue weighted by Crippen LogP contribution is -2.17. The van der Waals surface area contributed by atoms with E-state index in [2.05, 4.69) is 9.47 Å². The lowest BCUT2D eigenvalue weighted by atomic mass is 10.5. The van der Waals surface area contributed by atoms with Crippen LogP contribution in [0.4, 0.5) is 13.2 Å². The van der Waals surface area contributed by atoms with Gasteiger partial charge >= 0.3 is 6.18 Å². The smallest absolute Gasteiger partial charge is 0.385 e. The normalized spacial score (nSPS) is 12.0. The third kappa shape index (κ3) is 9.71. The van der Waals surface area contributed by atoms with Gasteiger partial charge in [0.2, 0.25) is 0 Å². The van der Waals surface area contributed by atoms with Crippen LogP contribution in [0.15, 0.2) is 0 Å². The summed E-state index contributed by atoms with van der Waals surface area (Å²) < 4.78 is 43.1. The van der Waals surface area contributed by atoms with Crippen molar-refractivity contribution in [3.63, 3.8) is 0 Å².